The largest absolute Gasteiger partial charge is 0.481 e. The van der Waals surface area contributed by atoms with Gasteiger partial charge >= 0.3 is 5.97 Å². The molecule has 0 saturated heterocycles. The number of carboxylic acid groups (broad SMARTS) is 1. The number of rotatable bonds is 32. The van der Waals surface area contributed by atoms with Crippen molar-refractivity contribution in [1.82, 2.24) is 37.2 Å². The summed E-state index contributed by atoms with van der Waals surface area (Å²) in [5.74, 6) is -3.62. The lowest BCUT2D eigenvalue weighted by atomic mass is 9.87. The van der Waals surface area contributed by atoms with E-state index in [1.807, 2.05) is 37.4 Å². The van der Waals surface area contributed by atoms with Gasteiger partial charge in [-0.05, 0) is 56.8 Å². The van der Waals surface area contributed by atoms with Crippen LogP contribution >= 0.6 is 0 Å². The van der Waals surface area contributed by atoms with Gasteiger partial charge in [0.15, 0.2) is 6.29 Å². The summed E-state index contributed by atoms with van der Waals surface area (Å²) in [5.41, 5.74) is 0.932. The van der Waals surface area contributed by atoms with Crippen LogP contribution < -0.4 is 37.2 Å². The van der Waals surface area contributed by atoms with E-state index in [2.05, 4.69) is 44.1 Å². The van der Waals surface area contributed by atoms with Crippen molar-refractivity contribution in [2.45, 2.75) is 154 Å². The van der Waals surface area contributed by atoms with Crippen molar-refractivity contribution in [3.05, 3.63) is 36.1 Å². The number of nitrogens with one attached hydrogen (secondary N) is 7. The molecular formula is C42H71N7O9. The number of aliphatic hydroxyl groups excluding tert-OH is 1. The fourth-order valence-corrected chi connectivity index (χ4v) is 7.08. The predicted molar refractivity (Wildman–Crippen MR) is 222 cm³/mol. The molecule has 1 aliphatic carbocycles. The second-order valence-electron chi connectivity index (χ2n) is 15.3. The standard InChI is InChI=1S/C42H71N7O9/c1-4-6-7-8-9-10-11-12-13-18-37(51)44-26-25-43-23-21-30(5-2)39(54)49-36(27-31-28-46-33-17-15-14-16-32(31)33)40(55)45-24-22-35(42(57)58)48-41(56)34(47-29(3)50)19-20-38(52)53/h14-17,28,30,32-36,42-43,46,57-58H,4-13,18-27H2,1-3H3,(H,44,51)(H,45,55)(H,47,50)(H,48,56)(H,49,54)(H,52,53)/t30-,32-,33?,34+,35+,36+/m0/s1. The summed E-state index contributed by atoms with van der Waals surface area (Å²) >= 11 is 0. The number of carboxylic acids is 1. The van der Waals surface area contributed by atoms with Crippen LogP contribution in [0.4, 0.5) is 0 Å². The average molecular weight is 818 g/mol. The maximum absolute atomic E-state index is 13.7. The molecule has 328 valence electrons. The second-order valence-corrected chi connectivity index (χ2v) is 15.3. The van der Waals surface area contributed by atoms with E-state index in [0.29, 0.717) is 38.9 Å². The third kappa shape index (κ3) is 20.4. The first-order valence-corrected chi connectivity index (χ1v) is 21.4. The Morgan fingerprint density at radius 2 is 1.40 bits per heavy atom. The lowest BCUT2D eigenvalue weighted by Gasteiger charge is -2.26. The van der Waals surface area contributed by atoms with Crippen molar-refractivity contribution in [2.24, 2.45) is 11.8 Å². The molecule has 0 aromatic rings. The summed E-state index contributed by atoms with van der Waals surface area (Å²) in [6.07, 6.45) is 19.7. The number of aliphatic carboxylic acids is 1. The van der Waals surface area contributed by atoms with Crippen molar-refractivity contribution in [1.29, 1.82) is 0 Å². The van der Waals surface area contributed by atoms with Crippen LogP contribution in [-0.4, -0.2) is 107 Å². The molecule has 16 nitrogen and oxygen atoms in total. The number of carbonyl (C=O) groups is 6. The Kier molecular flexibility index (Phi) is 24.9. The Labute approximate surface area is 344 Å². The minimum absolute atomic E-state index is 0.00999. The van der Waals surface area contributed by atoms with Gasteiger partial charge in [-0.2, -0.15) is 0 Å². The van der Waals surface area contributed by atoms with E-state index < -0.39 is 54.5 Å². The monoisotopic (exact) mass is 818 g/mol. The van der Waals surface area contributed by atoms with Crippen molar-refractivity contribution in [3.8, 4) is 0 Å². The molecule has 58 heavy (non-hydrogen) atoms. The molecule has 2 rings (SSSR count). The molecule has 1 unspecified atom stereocenters. The lowest BCUT2D eigenvalue weighted by molar-refractivity contribution is -0.138. The molecule has 5 amide bonds. The van der Waals surface area contributed by atoms with Gasteiger partial charge in [0, 0.05) is 51.2 Å². The molecule has 0 fully saturated rings. The molecule has 0 saturated carbocycles. The first-order valence-electron chi connectivity index (χ1n) is 21.4. The summed E-state index contributed by atoms with van der Waals surface area (Å²) in [6, 6.07) is -3.38. The average Bonchev–Trinajstić information content (AvgIpc) is 3.59. The third-order valence-electron chi connectivity index (χ3n) is 10.5. The zero-order valence-electron chi connectivity index (χ0n) is 34.9. The Morgan fingerprint density at radius 3 is 2.05 bits per heavy atom. The number of amides is 5. The van der Waals surface area contributed by atoms with E-state index in [1.165, 1.54) is 51.9 Å². The van der Waals surface area contributed by atoms with Crippen molar-refractivity contribution in [3.63, 3.8) is 0 Å². The molecule has 1 heterocycles. The minimum atomic E-state index is -2.02. The molecule has 0 aromatic carbocycles. The fraction of sp³-hybridized carbons (Fsp3) is 0.714. The quantitative estimate of drug-likeness (QED) is 0.0348. The topological polar surface area (TPSA) is 247 Å². The van der Waals surface area contributed by atoms with E-state index in [1.54, 1.807) is 0 Å². The van der Waals surface area contributed by atoms with Crippen LogP contribution in [-0.2, 0) is 28.8 Å². The van der Waals surface area contributed by atoms with E-state index in [0.717, 1.165) is 18.4 Å². The smallest absolute Gasteiger partial charge is 0.303 e. The summed E-state index contributed by atoms with van der Waals surface area (Å²) in [6.45, 7) is 6.81. The van der Waals surface area contributed by atoms with Gasteiger partial charge in [-0.15, -0.1) is 0 Å². The van der Waals surface area contributed by atoms with Gasteiger partial charge in [0.05, 0.1) is 12.1 Å². The van der Waals surface area contributed by atoms with Gasteiger partial charge < -0.3 is 52.5 Å². The highest BCUT2D eigenvalue weighted by atomic mass is 16.5. The van der Waals surface area contributed by atoms with Gasteiger partial charge in [0.1, 0.15) is 12.1 Å². The van der Waals surface area contributed by atoms with E-state index >= 15 is 0 Å². The molecule has 6 atom stereocenters. The molecular weight excluding hydrogens is 747 g/mol. The molecule has 0 bridgehead atoms. The van der Waals surface area contributed by atoms with Crippen LogP contribution in [0.25, 0.3) is 0 Å². The normalized spacial score (nSPS) is 17.6. The number of fused-ring (bicyclic) bond motifs is 1. The van der Waals surface area contributed by atoms with Crippen molar-refractivity contribution in [2.75, 3.05) is 26.2 Å². The lowest BCUT2D eigenvalue weighted by Crippen LogP contribution is -2.53. The van der Waals surface area contributed by atoms with Gasteiger partial charge in [-0.1, -0.05) is 89.5 Å². The van der Waals surface area contributed by atoms with E-state index in [4.69, 9.17) is 5.11 Å². The molecule has 1 aliphatic heterocycles. The number of aliphatic hydroxyl groups is 2. The number of hydrogen-bond donors (Lipinski definition) is 10. The van der Waals surface area contributed by atoms with Crippen LogP contribution in [0.1, 0.15) is 124 Å². The molecule has 2 aliphatic rings. The maximum Gasteiger partial charge on any atom is 0.303 e. The van der Waals surface area contributed by atoms with Gasteiger partial charge in [-0.25, -0.2) is 0 Å². The summed E-state index contributed by atoms with van der Waals surface area (Å²) in [7, 11) is 0. The van der Waals surface area contributed by atoms with E-state index in [9.17, 15) is 39.0 Å². The highest BCUT2D eigenvalue weighted by Gasteiger charge is 2.33. The summed E-state index contributed by atoms with van der Waals surface area (Å²) in [5, 5.41) is 49.1. The highest BCUT2D eigenvalue weighted by molar-refractivity contribution is 5.89. The molecule has 0 spiro atoms. The highest BCUT2D eigenvalue weighted by Crippen LogP contribution is 2.29. The molecule has 10 N–H and O–H groups in total. The Bertz CT molecular complexity index is 1390. The van der Waals surface area contributed by atoms with Crippen LogP contribution in [0.5, 0.6) is 0 Å². The molecule has 16 heteroatoms. The first kappa shape index (κ1) is 49.9. The summed E-state index contributed by atoms with van der Waals surface area (Å²) < 4.78 is 0. The SMILES string of the molecule is CCCCCCCCCCCC(=O)NCCNCC[C@H](CC)C(=O)N[C@H](CC1=CNC2C=CC=C[C@@H]12)C(=O)NCC[C@@H](NC(=O)[C@@H](CCC(=O)O)NC(C)=O)C(O)O. The maximum atomic E-state index is 13.7. The fourth-order valence-electron chi connectivity index (χ4n) is 7.08. The van der Waals surface area contributed by atoms with Crippen LogP contribution in [0.2, 0.25) is 0 Å². The van der Waals surface area contributed by atoms with Gasteiger partial charge in [0.2, 0.25) is 29.5 Å². The number of allylic oxidation sites excluding steroid dienone is 2. The van der Waals surface area contributed by atoms with Crippen molar-refractivity contribution >= 4 is 35.5 Å². The van der Waals surface area contributed by atoms with Crippen LogP contribution in [0.15, 0.2) is 36.1 Å². The Morgan fingerprint density at radius 1 is 0.707 bits per heavy atom. The molecule has 0 aromatic heterocycles. The minimum Gasteiger partial charge on any atom is -0.481 e. The number of unbranched alkanes of at least 4 members (excludes halogenated alkanes) is 8. The number of hydrogen-bond acceptors (Lipinski definition) is 10. The molecule has 0 radical (unpaired) electrons. The van der Waals surface area contributed by atoms with Crippen molar-refractivity contribution < 1.29 is 44.1 Å². The third-order valence-corrected chi connectivity index (χ3v) is 10.5. The van der Waals surface area contributed by atoms with Gasteiger partial charge in [-0.3, -0.25) is 28.8 Å². The van der Waals surface area contributed by atoms with Gasteiger partial charge in [0.25, 0.3) is 0 Å². The second kappa shape index (κ2) is 29.0. The summed E-state index contributed by atoms with van der Waals surface area (Å²) in [4.78, 5) is 75.0. The predicted octanol–water partition coefficient (Wildman–Crippen LogP) is 2.17. The number of carbonyl (C=O) groups excluding carboxylic acids is 5. The van der Waals surface area contributed by atoms with Crippen LogP contribution in [0.3, 0.4) is 0 Å². The zero-order chi connectivity index (χ0) is 42.7. The Balaban J connectivity index is 1.88. The Hall–Kier alpha value is -4.28. The van der Waals surface area contributed by atoms with Crippen LogP contribution in [0, 0.1) is 11.8 Å². The van der Waals surface area contributed by atoms with E-state index in [-0.39, 0.29) is 55.5 Å². The zero-order valence-corrected chi connectivity index (χ0v) is 34.9. The first-order chi connectivity index (χ1) is 27.9.